The Morgan fingerprint density at radius 1 is 1.47 bits per heavy atom. The molecule has 3 rings (SSSR count). The zero-order valence-corrected chi connectivity index (χ0v) is 12.1. The topological polar surface area (TPSA) is 34.9 Å². The Labute approximate surface area is 117 Å². The predicted molar refractivity (Wildman–Crippen MR) is 76.9 cm³/mol. The lowest BCUT2D eigenvalue weighted by Gasteiger charge is -2.22. The Bertz CT molecular complexity index is 597. The average Bonchev–Trinajstić information content (AvgIpc) is 3.05. The van der Waals surface area contributed by atoms with Gasteiger partial charge in [0.25, 0.3) is 0 Å². The molecular weight excluding hydrogens is 256 g/mol. The molecule has 0 amide bonds. The van der Waals surface area contributed by atoms with E-state index in [1.807, 2.05) is 10.7 Å². The molecule has 0 bridgehead atoms. The van der Waals surface area contributed by atoms with Crippen molar-refractivity contribution in [3.8, 4) is 0 Å². The first-order valence-electron chi connectivity index (χ1n) is 6.82. The number of ketones is 1. The molecule has 2 aromatic heterocycles. The molecule has 0 saturated carbocycles. The first-order chi connectivity index (χ1) is 9.18. The third-order valence-corrected chi connectivity index (χ3v) is 4.78. The van der Waals surface area contributed by atoms with E-state index in [1.165, 1.54) is 10.4 Å². The molecule has 2 heterocycles. The smallest absolute Gasteiger partial charge is 0.188 e. The van der Waals surface area contributed by atoms with Crippen molar-refractivity contribution in [1.82, 2.24) is 9.78 Å². The Balaban J connectivity index is 1.96. The van der Waals surface area contributed by atoms with Crippen molar-refractivity contribution in [2.24, 2.45) is 0 Å². The van der Waals surface area contributed by atoms with E-state index in [2.05, 4.69) is 30.4 Å². The first kappa shape index (κ1) is 12.6. The van der Waals surface area contributed by atoms with Crippen molar-refractivity contribution in [3.63, 3.8) is 0 Å². The SMILES string of the molecule is CC(C)n1nccc1C(=O)C1CCCc2sccc21. The summed E-state index contributed by atoms with van der Waals surface area (Å²) < 4.78 is 1.84. The number of thiophene rings is 1. The monoisotopic (exact) mass is 274 g/mol. The van der Waals surface area contributed by atoms with Gasteiger partial charge < -0.3 is 0 Å². The number of rotatable bonds is 3. The minimum atomic E-state index is 0.0317. The van der Waals surface area contributed by atoms with Crippen molar-refractivity contribution in [2.75, 3.05) is 0 Å². The van der Waals surface area contributed by atoms with Crippen molar-refractivity contribution >= 4 is 17.1 Å². The van der Waals surface area contributed by atoms with Crippen LogP contribution in [0.3, 0.4) is 0 Å². The molecule has 0 spiro atoms. The Hall–Kier alpha value is -1.42. The van der Waals surface area contributed by atoms with Gasteiger partial charge in [-0.1, -0.05) is 0 Å². The highest BCUT2D eigenvalue weighted by atomic mass is 32.1. The van der Waals surface area contributed by atoms with E-state index in [9.17, 15) is 4.79 Å². The third kappa shape index (κ3) is 2.14. The molecule has 0 radical (unpaired) electrons. The average molecular weight is 274 g/mol. The van der Waals surface area contributed by atoms with Gasteiger partial charge in [0.1, 0.15) is 5.69 Å². The number of nitrogens with zero attached hydrogens (tertiary/aromatic N) is 2. The fraction of sp³-hybridized carbons (Fsp3) is 0.467. The van der Waals surface area contributed by atoms with Gasteiger partial charge in [0.05, 0.1) is 5.92 Å². The zero-order valence-electron chi connectivity index (χ0n) is 11.3. The van der Waals surface area contributed by atoms with Crippen LogP contribution in [-0.2, 0) is 6.42 Å². The minimum absolute atomic E-state index is 0.0317. The fourth-order valence-corrected chi connectivity index (χ4v) is 3.85. The molecule has 1 atom stereocenters. The van der Waals surface area contributed by atoms with Crippen LogP contribution >= 0.6 is 11.3 Å². The van der Waals surface area contributed by atoms with Crippen LogP contribution in [0.4, 0.5) is 0 Å². The molecule has 0 fully saturated rings. The van der Waals surface area contributed by atoms with Crippen LogP contribution in [0.2, 0.25) is 0 Å². The van der Waals surface area contributed by atoms with Crippen molar-refractivity contribution in [1.29, 1.82) is 0 Å². The molecule has 0 N–H and O–H groups in total. The van der Waals surface area contributed by atoms with Gasteiger partial charge in [0, 0.05) is 17.1 Å². The number of carbonyl (C=O) groups is 1. The van der Waals surface area contributed by atoms with Gasteiger partial charge in [0.15, 0.2) is 5.78 Å². The van der Waals surface area contributed by atoms with Gasteiger partial charge in [-0.15, -0.1) is 11.3 Å². The number of hydrogen-bond donors (Lipinski definition) is 0. The van der Waals surface area contributed by atoms with Gasteiger partial charge in [-0.2, -0.15) is 5.10 Å². The molecule has 0 saturated heterocycles. The number of aryl methyl sites for hydroxylation is 1. The molecule has 1 unspecified atom stereocenters. The van der Waals surface area contributed by atoms with Crippen LogP contribution in [0.25, 0.3) is 0 Å². The lowest BCUT2D eigenvalue weighted by atomic mass is 9.84. The molecular formula is C15H18N2OS. The van der Waals surface area contributed by atoms with E-state index in [0.29, 0.717) is 0 Å². The van der Waals surface area contributed by atoms with Crippen LogP contribution in [0, 0.1) is 0 Å². The van der Waals surface area contributed by atoms with E-state index in [0.717, 1.165) is 25.0 Å². The second-order valence-electron chi connectivity index (χ2n) is 5.36. The summed E-state index contributed by atoms with van der Waals surface area (Å²) in [5, 5.41) is 6.38. The molecule has 19 heavy (non-hydrogen) atoms. The lowest BCUT2D eigenvalue weighted by Crippen LogP contribution is -2.21. The second kappa shape index (κ2) is 4.93. The summed E-state index contributed by atoms with van der Waals surface area (Å²) >= 11 is 1.78. The maximum atomic E-state index is 12.8. The number of fused-ring (bicyclic) bond motifs is 1. The molecule has 100 valence electrons. The minimum Gasteiger partial charge on any atom is -0.292 e. The van der Waals surface area contributed by atoms with Gasteiger partial charge >= 0.3 is 0 Å². The summed E-state index contributed by atoms with van der Waals surface area (Å²) in [7, 11) is 0. The van der Waals surface area contributed by atoms with Gasteiger partial charge in [0.2, 0.25) is 0 Å². The highest BCUT2D eigenvalue weighted by Crippen LogP contribution is 2.37. The summed E-state index contributed by atoms with van der Waals surface area (Å²) in [4.78, 5) is 14.2. The van der Waals surface area contributed by atoms with E-state index in [1.54, 1.807) is 17.5 Å². The van der Waals surface area contributed by atoms with Crippen molar-refractivity contribution < 1.29 is 4.79 Å². The quantitative estimate of drug-likeness (QED) is 0.797. The second-order valence-corrected chi connectivity index (χ2v) is 6.36. The van der Waals surface area contributed by atoms with E-state index >= 15 is 0 Å². The largest absolute Gasteiger partial charge is 0.292 e. The zero-order chi connectivity index (χ0) is 13.4. The van der Waals surface area contributed by atoms with Crippen LogP contribution in [0.15, 0.2) is 23.7 Å². The third-order valence-electron chi connectivity index (χ3n) is 3.78. The van der Waals surface area contributed by atoms with Crippen LogP contribution < -0.4 is 0 Å². The van der Waals surface area contributed by atoms with Gasteiger partial charge in [-0.25, -0.2) is 0 Å². The number of Topliss-reactive ketones (excluding diaryl/α,β-unsaturated/α-hetero) is 1. The Kier molecular flexibility index (Phi) is 3.27. The maximum Gasteiger partial charge on any atom is 0.188 e. The van der Waals surface area contributed by atoms with E-state index in [-0.39, 0.29) is 17.7 Å². The van der Waals surface area contributed by atoms with Crippen LogP contribution in [0.5, 0.6) is 0 Å². The lowest BCUT2D eigenvalue weighted by molar-refractivity contribution is 0.0939. The Morgan fingerprint density at radius 2 is 2.32 bits per heavy atom. The summed E-state index contributed by atoms with van der Waals surface area (Å²) in [6.45, 7) is 4.11. The van der Waals surface area contributed by atoms with Gasteiger partial charge in [-0.05, 0) is 56.2 Å². The fourth-order valence-electron chi connectivity index (χ4n) is 2.86. The van der Waals surface area contributed by atoms with Gasteiger partial charge in [-0.3, -0.25) is 9.48 Å². The normalized spacial score (nSPS) is 18.6. The van der Waals surface area contributed by atoms with E-state index in [4.69, 9.17) is 0 Å². The molecule has 2 aromatic rings. The summed E-state index contributed by atoms with van der Waals surface area (Å²) in [5.41, 5.74) is 2.00. The molecule has 0 aliphatic heterocycles. The van der Waals surface area contributed by atoms with Crippen LogP contribution in [0.1, 0.15) is 59.6 Å². The standard InChI is InChI=1S/C15H18N2OS/c1-10(2)17-13(6-8-16-17)15(18)12-4-3-5-14-11(12)7-9-19-14/h6-10,12H,3-5H2,1-2H3. The highest BCUT2D eigenvalue weighted by molar-refractivity contribution is 7.10. The molecule has 1 aliphatic carbocycles. The first-order valence-corrected chi connectivity index (χ1v) is 7.70. The predicted octanol–water partition coefficient (Wildman–Crippen LogP) is 3.83. The molecule has 0 aromatic carbocycles. The highest BCUT2D eigenvalue weighted by Gasteiger charge is 2.30. The summed E-state index contributed by atoms with van der Waals surface area (Å²) in [6, 6.07) is 4.19. The molecule has 3 nitrogen and oxygen atoms in total. The maximum absolute atomic E-state index is 12.8. The van der Waals surface area contributed by atoms with Crippen LogP contribution in [-0.4, -0.2) is 15.6 Å². The Morgan fingerprint density at radius 3 is 3.11 bits per heavy atom. The molecule has 1 aliphatic rings. The van der Waals surface area contributed by atoms with E-state index < -0.39 is 0 Å². The summed E-state index contributed by atoms with van der Waals surface area (Å²) in [5.74, 6) is 0.259. The summed E-state index contributed by atoms with van der Waals surface area (Å²) in [6.07, 6.45) is 4.93. The number of carbonyl (C=O) groups excluding carboxylic acids is 1. The van der Waals surface area contributed by atoms with Crippen molar-refractivity contribution in [3.05, 3.63) is 39.8 Å². The molecule has 4 heteroatoms. The number of aromatic nitrogens is 2. The van der Waals surface area contributed by atoms with Crippen molar-refractivity contribution in [2.45, 2.75) is 45.1 Å². The number of hydrogen-bond acceptors (Lipinski definition) is 3.